The fourth-order valence-corrected chi connectivity index (χ4v) is 14.7. The Bertz CT molecular complexity index is 3190. The summed E-state index contributed by atoms with van der Waals surface area (Å²) in [5, 5.41) is 198. The molecule has 7 saturated heterocycles. The third-order valence-corrected chi connectivity index (χ3v) is 20.2. The smallest absolute Gasteiger partial charge is 0.217 e. The van der Waals surface area contributed by atoms with Gasteiger partial charge in [-0.25, -0.2) is 16.8 Å². The average Bonchev–Trinajstić information content (AvgIpc) is 0.766. The minimum atomic E-state index is -5.46. The Morgan fingerprint density at radius 1 is 0.482 bits per heavy atom. The van der Waals surface area contributed by atoms with Crippen molar-refractivity contribution < 1.29 is 212 Å². The van der Waals surface area contributed by atoms with Gasteiger partial charge in [0.15, 0.2) is 43.0 Å². The number of carbonyl (C=O) groups is 4. The molecule has 7 fully saturated rings. The van der Waals surface area contributed by atoms with Crippen LogP contribution in [-0.2, 0) is 115 Å². The highest BCUT2D eigenvalue weighted by atomic mass is 32.3. The zero-order chi connectivity index (χ0) is 84.1. The zero-order valence-corrected chi connectivity index (χ0v) is 63.4. The maximum absolute atomic E-state index is 12.6. The Morgan fingerprint density at radius 3 is 1.22 bits per heavy atom. The molecule has 2 amide bonds. The predicted molar refractivity (Wildman–Crippen MR) is 356 cm³/mol. The number of hydrogen-bond donors (Lipinski definition) is 22. The summed E-state index contributed by atoms with van der Waals surface area (Å²) in [6.07, 6.45) is -56.4. The van der Waals surface area contributed by atoms with Crippen LogP contribution in [0.3, 0.4) is 0 Å². The van der Waals surface area contributed by atoms with Gasteiger partial charge in [0.05, 0.1) is 83.4 Å². The Balaban J connectivity index is 0.000000355. The molecule has 654 valence electrons. The summed E-state index contributed by atoms with van der Waals surface area (Å²) < 4.78 is 159. The van der Waals surface area contributed by atoms with Gasteiger partial charge in [0.2, 0.25) is 32.6 Å². The van der Waals surface area contributed by atoms with Crippen molar-refractivity contribution in [1.82, 2.24) is 10.6 Å². The van der Waals surface area contributed by atoms with Crippen LogP contribution in [0.4, 0.5) is 0 Å². The first-order valence-electron chi connectivity index (χ1n) is 35.5. The van der Waals surface area contributed by atoms with Crippen LogP contribution in [0.15, 0.2) is 0 Å². The number of amides is 2. The van der Waals surface area contributed by atoms with Crippen LogP contribution in [0.2, 0.25) is 0 Å². The number of carbonyl (C=O) groups excluding carboxylic acids is 4. The number of hydrogen-bond acceptors (Lipinski definition) is 46. The van der Waals surface area contributed by atoms with E-state index >= 15 is 0 Å². The van der Waals surface area contributed by atoms with Crippen molar-refractivity contribution in [2.24, 2.45) is 23.3 Å². The predicted octanol–water partition coefficient (Wildman–Crippen LogP) is -14.3. The Kier molecular flexibility index (Phi) is 37.0. The van der Waals surface area contributed by atoms with Gasteiger partial charge in [-0.1, -0.05) is 0 Å². The van der Waals surface area contributed by atoms with Gasteiger partial charge in [-0.3, -0.25) is 18.0 Å². The van der Waals surface area contributed by atoms with E-state index in [4.69, 9.17) is 77.8 Å². The van der Waals surface area contributed by atoms with Crippen LogP contribution in [0.1, 0.15) is 74.1 Å². The van der Waals surface area contributed by atoms with Crippen LogP contribution >= 0.6 is 0 Å². The molecule has 48 nitrogen and oxygen atoms in total. The van der Waals surface area contributed by atoms with Crippen molar-refractivity contribution in [2.45, 2.75) is 288 Å². The Morgan fingerprint density at radius 2 is 0.848 bits per heavy atom. The molecule has 7 aliphatic heterocycles. The molecule has 0 aliphatic carbocycles. The van der Waals surface area contributed by atoms with E-state index in [0.717, 1.165) is 13.8 Å². The highest BCUT2D eigenvalue weighted by molar-refractivity contribution is 7.81. The minimum absolute atomic E-state index is 0.0274. The molecule has 0 aromatic heterocycles. The summed E-state index contributed by atoms with van der Waals surface area (Å²) in [7, 11) is -10.8. The Hall–Kier alpha value is -3.34. The summed E-state index contributed by atoms with van der Waals surface area (Å²) in [4.78, 5) is 48.6. The maximum atomic E-state index is 12.6. The van der Waals surface area contributed by atoms with Gasteiger partial charge in [-0.2, -0.15) is 0 Å². The zero-order valence-electron chi connectivity index (χ0n) is 61.7. The van der Waals surface area contributed by atoms with E-state index in [-0.39, 0.29) is 39.1 Å². The van der Waals surface area contributed by atoms with E-state index in [1.807, 2.05) is 0 Å². The van der Waals surface area contributed by atoms with Crippen molar-refractivity contribution in [3.05, 3.63) is 0 Å². The van der Waals surface area contributed by atoms with Gasteiger partial charge < -0.3 is 199 Å². The number of nitrogens with one attached hydrogen (secondary N) is 2. The Labute approximate surface area is 641 Å². The fourth-order valence-electron chi connectivity index (χ4n) is 14.1. The van der Waals surface area contributed by atoms with Gasteiger partial charge in [0.25, 0.3) is 0 Å². The molecule has 0 aromatic carbocycles. The molecule has 7 heterocycles. The molecule has 7 rings (SSSR count). The number of nitrogens with two attached hydrogens (primary N) is 2. The molecule has 0 spiro atoms. The standard InChI is InChI=1S/C34H60N2O24S.C28H50N2O20S/c1-12(39)7-15-16(41)8-34(4,59-27(15)22(44)17(42)9-37)60-30-23(45)19(11-53-61(49,50)51)56-33(26(30)48)57-28-18(10-38)55-31(52-6-5-35)20(36-14(3)40)29(28)58-32-25(47)24(46)21(43)13(2)54-32;1-11(33)6-13-14(35)7-28(3,49-23(13)19(37)15(36)8-31)50-25-20(38)17(10-45-51(41,42)43)47-27(22(25)40)48-24-16(9-32)46-26(44-5-4-29)18(21(24)39)30-12(2)34/h13,15-33,37-38,41-48H,5-11,35H2,1-4H3,(H,36,40)(H,49,50,51);13-27,31-32,35-40H,4-10,29H2,1-3H3,(H,30,34)(H,41,42,43)/p-2/t13?,15-,16-,17-,18?,19?,20?,21-,22-,23+,24+,25?,26?,27?,28-,29-,30+,31-,32+,33+,34-;13-,14-,15-,16?,17?,18?,19-,20+,21-,22?,23?,24-,25+,26-,27+,28-/m11/s1. The largest absolute Gasteiger partial charge is 0.726 e. The van der Waals surface area contributed by atoms with Crippen LogP contribution in [0.5, 0.6) is 0 Å². The second-order valence-electron chi connectivity index (χ2n) is 28.4. The maximum Gasteiger partial charge on any atom is 0.217 e. The molecule has 50 heteroatoms. The lowest BCUT2D eigenvalue weighted by molar-refractivity contribution is -0.395. The van der Waals surface area contributed by atoms with Gasteiger partial charge in [0.1, 0.15) is 152 Å². The van der Waals surface area contributed by atoms with Crippen molar-refractivity contribution >= 4 is 44.2 Å². The lowest BCUT2D eigenvalue weighted by atomic mass is 9.80. The molecule has 0 saturated carbocycles. The third kappa shape index (κ3) is 25.8. The van der Waals surface area contributed by atoms with E-state index in [0.29, 0.717) is 0 Å². The molecular formula is C62H108N4O44S2-2. The molecule has 37 atom stereocenters. The van der Waals surface area contributed by atoms with Gasteiger partial charge in [0, 0.05) is 64.5 Å². The summed E-state index contributed by atoms with van der Waals surface area (Å²) in [6.45, 7) is 2.09. The molecule has 0 bridgehead atoms. The lowest BCUT2D eigenvalue weighted by Crippen LogP contribution is -2.70. The topological polar surface area (TPSA) is 771 Å². The SMILES string of the molecule is CC(=O)C[C@H]1C([C@H](O)[C@H](O)CO)O[C@](C)(O[C@@H]2C(O)[C@H](O[C@@H]3C(CO)O[C@@H](OCCN)C(NC(C)=O)[C@H]3O)OC(COS(=O)(=O)[O-])[C@@H]2O)C[C@H]1O.CC(=O)C[C@H]1C([C@H](O)[C@H](O)CO)O[C@](C)(O[C@@H]2C(O)[C@H](O[C@@H]3C(CO)O[C@@H](OCCN)C(NC(C)=O)[C@H]3O[C@@H]3OC(C)[C@@H](O)[C@H](O)C3O)OC(COS(=O)(=O)[O-])[C@@H]2O)C[C@H]1O. The van der Waals surface area contributed by atoms with Crippen LogP contribution in [0, 0.1) is 11.8 Å². The van der Waals surface area contributed by atoms with Crippen LogP contribution < -0.4 is 22.1 Å². The number of aliphatic hydroxyl groups excluding tert-OH is 18. The summed E-state index contributed by atoms with van der Waals surface area (Å²) in [6, 6.07) is -2.78. The first kappa shape index (κ1) is 97.5. The normalized spacial score (nSPS) is 42.0. The molecule has 112 heavy (non-hydrogen) atoms. The highest BCUT2D eigenvalue weighted by Crippen LogP contribution is 2.44. The third-order valence-electron chi connectivity index (χ3n) is 19.4. The van der Waals surface area contributed by atoms with E-state index in [9.17, 15) is 137 Å². The summed E-state index contributed by atoms with van der Waals surface area (Å²) >= 11 is 0. The first-order valence-corrected chi connectivity index (χ1v) is 38.2. The highest BCUT2D eigenvalue weighted by Gasteiger charge is 2.60. The average molecular weight is 1680 g/mol. The lowest BCUT2D eigenvalue weighted by Gasteiger charge is -2.52. The van der Waals surface area contributed by atoms with Crippen molar-refractivity contribution in [2.75, 3.05) is 65.9 Å². The molecule has 12 unspecified atom stereocenters. The number of aliphatic hydroxyl groups is 18. The number of rotatable bonds is 36. The first-order chi connectivity index (χ1) is 52.2. The van der Waals surface area contributed by atoms with E-state index < -0.39 is 322 Å². The minimum Gasteiger partial charge on any atom is -0.726 e. The molecular weight excluding hydrogens is 1570 g/mol. The monoisotopic (exact) mass is 1680 g/mol. The molecule has 0 aromatic rings. The van der Waals surface area contributed by atoms with E-state index in [1.165, 1.54) is 34.6 Å². The molecule has 24 N–H and O–H groups in total. The van der Waals surface area contributed by atoms with Gasteiger partial charge >= 0.3 is 0 Å². The van der Waals surface area contributed by atoms with Crippen LogP contribution in [-0.4, -0.2) is 421 Å². The molecule has 7 aliphatic rings. The van der Waals surface area contributed by atoms with E-state index in [2.05, 4.69) is 19.0 Å². The van der Waals surface area contributed by atoms with Crippen molar-refractivity contribution in [1.29, 1.82) is 0 Å². The van der Waals surface area contributed by atoms with Gasteiger partial charge in [-0.15, -0.1) is 0 Å². The second-order valence-corrected chi connectivity index (χ2v) is 30.5. The number of ketones is 2. The quantitative estimate of drug-likeness (QED) is 0.0205. The van der Waals surface area contributed by atoms with Crippen molar-refractivity contribution in [3.63, 3.8) is 0 Å². The summed E-state index contributed by atoms with van der Waals surface area (Å²) in [5.41, 5.74) is 11.1. The number of ether oxygens (including phenoxy) is 14. The fraction of sp³-hybridized carbons (Fsp3) is 0.935. The van der Waals surface area contributed by atoms with Gasteiger partial charge in [-0.05, 0) is 34.6 Å². The van der Waals surface area contributed by atoms with Crippen molar-refractivity contribution in [3.8, 4) is 0 Å². The second kappa shape index (κ2) is 42.5. The molecule has 0 radical (unpaired) electrons. The number of Topliss-reactive ketones (excluding diaryl/α,β-unsaturated/α-hetero) is 2. The van der Waals surface area contributed by atoms with E-state index in [1.54, 1.807) is 0 Å². The van der Waals surface area contributed by atoms with Crippen LogP contribution in [0.25, 0.3) is 0 Å². The summed E-state index contributed by atoms with van der Waals surface area (Å²) in [5.74, 6) is -8.69.